The Kier molecular flexibility index (Phi) is 8.98. The summed E-state index contributed by atoms with van der Waals surface area (Å²) in [5.41, 5.74) is 6.84. The summed E-state index contributed by atoms with van der Waals surface area (Å²) in [6.45, 7) is 9.24. The van der Waals surface area contributed by atoms with E-state index in [1.54, 1.807) is 6.07 Å². The third-order valence-electron chi connectivity index (χ3n) is 6.69. The predicted molar refractivity (Wildman–Crippen MR) is 156 cm³/mol. The lowest BCUT2D eigenvalue weighted by Crippen LogP contribution is -2.32. The molecule has 198 valence electrons. The van der Waals surface area contributed by atoms with Gasteiger partial charge in [0, 0.05) is 54.4 Å². The molecule has 0 spiro atoms. The first-order valence-electron chi connectivity index (χ1n) is 13.4. The molecular weight excluding hydrogens is 472 g/mol. The normalized spacial score (nSPS) is 13.8. The van der Waals surface area contributed by atoms with Crippen LogP contribution in [0.3, 0.4) is 0 Å². The van der Waals surface area contributed by atoms with Gasteiger partial charge in [-0.3, -0.25) is 14.5 Å². The molecular formula is C32H38N4O2. The van der Waals surface area contributed by atoms with Crippen LogP contribution >= 0.6 is 0 Å². The van der Waals surface area contributed by atoms with Gasteiger partial charge in [0.05, 0.1) is 5.57 Å². The first kappa shape index (κ1) is 27.1. The topological polar surface area (TPSA) is 64.7 Å². The van der Waals surface area contributed by atoms with Crippen molar-refractivity contribution in [3.05, 3.63) is 101 Å². The number of carbonyl (C=O) groups is 2. The van der Waals surface area contributed by atoms with Crippen LogP contribution in [0.4, 0.5) is 11.4 Å². The van der Waals surface area contributed by atoms with E-state index in [0.29, 0.717) is 11.1 Å². The Bertz CT molecular complexity index is 1290. The minimum atomic E-state index is -0.160. The number of anilines is 2. The second kappa shape index (κ2) is 12.6. The summed E-state index contributed by atoms with van der Waals surface area (Å²) in [4.78, 5) is 30.2. The van der Waals surface area contributed by atoms with Crippen molar-refractivity contribution in [2.24, 2.45) is 0 Å². The van der Waals surface area contributed by atoms with E-state index in [0.717, 1.165) is 61.7 Å². The number of nitrogens with one attached hydrogen (secondary N) is 2. The number of benzene rings is 3. The molecule has 0 atom stereocenters. The minimum absolute atomic E-state index is 0.00799. The fraction of sp³-hybridized carbons (Fsp3) is 0.312. The summed E-state index contributed by atoms with van der Waals surface area (Å²) in [5, 5.41) is 6.34. The van der Waals surface area contributed by atoms with Crippen molar-refractivity contribution in [3.63, 3.8) is 0 Å². The molecule has 6 nitrogen and oxygen atoms in total. The highest BCUT2D eigenvalue weighted by atomic mass is 16.2. The van der Waals surface area contributed by atoms with E-state index in [1.165, 1.54) is 11.1 Å². The molecule has 0 unspecified atom stereocenters. The predicted octanol–water partition coefficient (Wildman–Crippen LogP) is 6.38. The van der Waals surface area contributed by atoms with Crippen LogP contribution in [0.15, 0.2) is 78.5 Å². The molecule has 1 aliphatic rings. The first-order chi connectivity index (χ1) is 18.4. The van der Waals surface area contributed by atoms with Gasteiger partial charge in [0.15, 0.2) is 0 Å². The fourth-order valence-electron chi connectivity index (χ4n) is 4.95. The lowest BCUT2D eigenvalue weighted by atomic mass is 10.0. The number of rotatable bonds is 11. The highest BCUT2D eigenvalue weighted by Gasteiger charge is 2.28. The lowest BCUT2D eigenvalue weighted by Gasteiger charge is -2.21. The third-order valence-corrected chi connectivity index (χ3v) is 6.69. The maximum absolute atomic E-state index is 13.2. The van der Waals surface area contributed by atoms with E-state index in [1.807, 2.05) is 42.2 Å². The van der Waals surface area contributed by atoms with Gasteiger partial charge < -0.3 is 15.5 Å². The number of nitrogens with zero attached hydrogens (tertiary/aromatic N) is 2. The number of allylic oxidation sites excluding steroid dienone is 1. The zero-order valence-corrected chi connectivity index (χ0v) is 22.9. The molecule has 1 heterocycles. The van der Waals surface area contributed by atoms with Gasteiger partial charge in [-0.15, -0.1) is 0 Å². The van der Waals surface area contributed by atoms with E-state index < -0.39 is 0 Å². The molecule has 2 N–H and O–H groups in total. The number of hydrogen-bond donors (Lipinski definition) is 2. The van der Waals surface area contributed by atoms with Crippen molar-refractivity contribution in [3.8, 4) is 0 Å². The zero-order valence-electron chi connectivity index (χ0n) is 22.9. The van der Waals surface area contributed by atoms with Gasteiger partial charge in [0.25, 0.3) is 11.8 Å². The summed E-state index contributed by atoms with van der Waals surface area (Å²) in [6.07, 6.45) is 1.82. The second-order valence-electron chi connectivity index (χ2n) is 9.99. The van der Waals surface area contributed by atoms with Crippen LogP contribution in [-0.2, 0) is 17.9 Å². The van der Waals surface area contributed by atoms with Crippen molar-refractivity contribution in [1.82, 2.24) is 9.80 Å². The molecule has 0 radical (unpaired) electrons. The lowest BCUT2D eigenvalue weighted by molar-refractivity contribution is -0.110. The number of amides is 2. The Labute approximate surface area is 226 Å². The quantitative estimate of drug-likeness (QED) is 0.294. The van der Waals surface area contributed by atoms with Crippen molar-refractivity contribution in [1.29, 1.82) is 0 Å². The summed E-state index contributed by atoms with van der Waals surface area (Å²) in [5.74, 6) is -0.152. The third kappa shape index (κ3) is 6.50. The van der Waals surface area contributed by atoms with E-state index in [9.17, 15) is 9.59 Å². The van der Waals surface area contributed by atoms with Crippen LogP contribution in [0.5, 0.6) is 0 Å². The van der Waals surface area contributed by atoms with Crippen molar-refractivity contribution >= 4 is 28.8 Å². The van der Waals surface area contributed by atoms with Crippen LogP contribution < -0.4 is 10.6 Å². The maximum Gasteiger partial charge on any atom is 0.258 e. The molecule has 0 bridgehead atoms. The molecule has 1 aliphatic heterocycles. The molecule has 2 amide bonds. The average molecular weight is 511 g/mol. The molecule has 6 heteroatoms. The van der Waals surface area contributed by atoms with Gasteiger partial charge in [-0.05, 0) is 68.3 Å². The van der Waals surface area contributed by atoms with Gasteiger partial charge in [-0.25, -0.2) is 0 Å². The Morgan fingerprint density at radius 1 is 0.868 bits per heavy atom. The van der Waals surface area contributed by atoms with E-state index >= 15 is 0 Å². The molecule has 3 aromatic carbocycles. The van der Waals surface area contributed by atoms with E-state index in [4.69, 9.17) is 0 Å². The molecule has 0 aromatic heterocycles. The summed E-state index contributed by atoms with van der Waals surface area (Å²) < 4.78 is 0. The first-order valence-corrected chi connectivity index (χ1v) is 13.4. The van der Waals surface area contributed by atoms with Gasteiger partial charge in [-0.2, -0.15) is 0 Å². The standard InChI is InChI=1S/C32H38N4O2/c1-5-18-36(19-6-2)32(38)26-14-17-29-28(20-26)30(31(37)34-29)23(3)33-27-15-12-25(13-16-27)22-35(4)21-24-10-8-7-9-11-24/h7-17,20,33H,5-6,18-19,21-22H2,1-4H3,(H,34,37). The fourth-order valence-corrected chi connectivity index (χ4v) is 4.95. The highest BCUT2D eigenvalue weighted by Crippen LogP contribution is 2.35. The van der Waals surface area contributed by atoms with E-state index in [-0.39, 0.29) is 11.8 Å². The van der Waals surface area contributed by atoms with Gasteiger partial charge in [-0.1, -0.05) is 56.3 Å². The average Bonchev–Trinajstić information content (AvgIpc) is 3.24. The van der Waals surface area contributed by atoms with Crippen molar-refractivity contribution in [2.75, 3.05) is 30.8 Å². The molecule has 0 aliphatic carbocycles. The monoisotopic (exact) mass is 510 g/mol. The Balaban J connectivity index is 1.48. The van der Waals surface area contributed by atoms with Gasteiger partial charge in [0.2, 0.25) is 0 Å². The number of fused-ring (bicyclic) bond motifs is 1. The molecule has 0 fully saturated rings. The molecule has 4 rings (SSSR count). The zero-order chi connectivity index (χ0) is 27.1. The summed E-state index contributed by atoms with van der Waals surface area (Å²) in [6, 6.07) is 24.2. The number of carbonyl (C=O) groups excluding carboxylic acids is 2. The second-order valence-corrected chi connectivity index (χ2v) is 9.99. The van der Waals surface area contributed by atoms with Crippen LogP contribution in [0.1, 0.15) is 60.7 Å². The highest BCUT2D eigenvalue weighted by molar-refractivity contribution is 6.32. The van der Waals surface area contributed by atoms with Gasteiger partial charge in [0.1, 0.15) is 0 Å². The van der Waals surface area contributed by atoms with Crippen molar-refractivity contribution < 1.29 is 9.59 Å². The maximum atomic E-state index is 13.2. The van der Waals surface area contributed by atoms with Crippen LogP contribution in [0.2, 0.25) is 0 Å². The Morgan fingerprint density at radius 2 is 1.50 bits per heavy atom. The van der Waals surface area contributed by atoms with Crippen LogP contribution in [-0.4, -0.2) is 41.8 Å². The van der Waals surface area contributed by atoms with Crippen LogP contribution in [0, 0.1) is 0 Å². The smallest absolute Gasteiger partial charge is 0.258 e. The van der Waals surface area contributed by atoms with Crippen LogP contribution in [0.25, 0.3) is 5.57 Å². The Morgan fingerprint density at radius 3 is 2.13 bits per heavy atom. The Hall–Kier alpha value is -3.90. The largest absolute Gasteiger partial charge is 0.358 e. The summed E-state index contributed by atoms with van der Waals surface area (Å²) in [7, 11) is 2.12. The van der Waals surface area contributed by atoms with Crippen molar-refractivity contribution in [2.45, 2.75) is 46.7 Å². The molecule has 38 heavy (non-hydrogen) atoms. The SMILES string of the molecule is CCCN(CCC)C(=O)c1ccc2c(c1)C(=C(C)Nc1ccc(CN(C)Cc3ccccc3)cc1)C(=O)N2. The number of hydrogen-bond acceptors (Lipinski definition) is 4. The molecule has 0 saturated carbocycles. The van der Waals surface area contributed by atoms with Gasteiger partial charge >= 0.3 is 0 Å². The molecule has 0 saturated heterocycles. The molecule has 3 aromatic rings. The van der Waals surface area contributed by atoms with E-state index in [2.05, 4.69) is 72.8 Å². The minimum Gasteiger partial charge on any atom is -0.358 e. The summed E-state index contributed by atoms with van der Waals surface area (Å²) >= 11 is 0.